The van der Waals surface area contributed by atoms with Gasteiger partial charge in [-0.2, -0.15) is 4.31 Å². The third-order valence-corrected chi connectivity index (χ3v) is 7.01. The molecule has 0 spiro atoms. The summed E-state index contributed by atoms with van der Waals surface area (Å²) in [6.45, 7) is 1.97. The van der Waals surface area contributed by atoms with Crippen LogP contribution in [0.25, 0.3) is 0 Å². The molecule has 1 heterocycles. The molecule has 6 nitrogen and oxygen atoms in total. The molecule has 28 heavy (non-hydrogen) atoms. The SMILES string of the molecule is CC(=O)c1ccccc1NC(=O)C1CCN(S(=O)(=O)c2ccc(Cl)cc2)CC1. The monoisotopic (exact) mass is 420 g/mol. The van der Waals surface area contributed by atoms with Crippen LogP contribution in [-0.2, 0) is 14.8 Å². The molecule has 1 saturated heterocycles. The van der Waals surface area contributed by atoms with Crippen LogP contribution in [-0.4, -0.2) is 37.5 Å². The van der Waals surface area contributed by atoms with E-state index >= 15 is 0 Å². The molecule has 1 N–H and O–H groups in total. The van der Waals surface area contributed by atoms with Crippen LogP contribution in [0.15, 0.2) is 53.4 Å². The molecule has 2 aromatic rings. The van der Waals surface area contributed by atoms with Crippen LogP contribution in [0.2, 0.25) is 5.02 Å². The molecule has 8 heteroatoms. The molecule has 0 aromatic heterocycles. The van der Waals surface area contributed by atoms with E-state index in [1.54, 1.807) is 36.4 Å². The minimum Gasteiger partial charge on any atom is -0.325 e. The number of para-hydroxylation sites is 1. The van der Waals surface area contributed by atoms with Gasteiger partial charge in [0.15, 0.2) is 5.78 Å². The van der Waals surface area contributed by atoms with Crippen LogP contribution >= 0.6 is 11.6 Å². The van der Waals surface area contributed by atoms with Crippen molar-refractivity contribution in [3.63, 3.8) is 0 Å². The fraction of sp³-hybridized carbons (Fsp3) is 0.300. The van der Waals surface area contributed by atoms with Gasteiger partial charge in [0.25, 0.3) is 0 Å². The first kappa shape index (κ1) is 20.5. The number of carbonyl (C=O) groups is 2. The van der Waals surface area contributed by atoms with Gasteiger partial charge in [0, 0.05) is 29.6 Å². The maximum absolute atomic E-state index is 12.7. The number of benzene rings is 2. The fourth-order valence-electron chi connectivity index (χ4n) is 3.25. The summed E-state index contributed by atoms with van der Waals surface area (Å²) >= 11 is 5.82. The number of anilines is 1. The number of Topliss-reactive ketones (excluding diaryl/α,β-unsaturated/α-hetero) is 1. The first-order chi connectivity index (χ1) is 13.3. The Morgan fingerprint density at radius 2 is 1.64 bits per heavy atom. The lowest BCUT2D eigenvalue weighted by Gasteiger charge is -2.30. The average molecular weight is 421 g/mol. The lowest BCUT2D eigenvalue weighted by Crippen LogP contribution is -2.41. The van der Waals surface area contributed by atoms with Gasteiger partial charge in [-0.25, -0.2) is 8.42 Å². The molecule has 148 valence electrons. The van der Waals surface area contributed by atoms with Crippen molar-refractivity contribution in [2.45, 2.75) is 24.7 Å². The van der Waals surface area contributed by atoms with E-state index in [1.165, 1.54) is 23.4 Å². The summed E-state index contributed by atoms with van der Waals surface area (Å²) in [6.07, 6.45) is 0.835. The molecule has 0 unspecified atom stereocenters. The zero-order chi connectivity index (χ0) is 20.3. The van der Waals surface area contributed by atoms with Crippen LogP contribution in [0, 0.1) is 5.92 Å². The average Bonchev–Trinajstić information content (AvgIpc) is 2.68. The summed E-state index contributed by atoms with van der Waals surface area (Å²) in [7, 11) is -3.61. The van der Waals surface area contributed by atoms with Crippen molar-refractivity contribution in [3.05, 3.63) is 59.1 Å². The highest BCUT2D eigenvalue weighted by Gasteiger charge is 2.32. The molecule has 3 rings (SSSR count). The summed E-state index contributed by atoms with van der Waals surface area (Å²) in [4.78, 5) is 24.5. The number of nitrogens with one attached hydrogen (secondary N) is 1. The Kier molecular flexibility index (Phi) is 6.17. The van der Waals surface area contributed by atoms with E-state index < -0.39 is 10.0 Å². The molecule has 0 radical (unpaired) electrons. The first-order valence-corrected chi connectivity index (χ1v) is 10.8. The Bertz CT molecular complexity index is 982. The molecule has 1 amide bonds. The summed E-state index contributed by atoms with van der Waals surface area (Å²) < 4.78 is 26.9. The highest BCUT2D eigenvalue weighted by atomic mass is 35.5. The standard InChI is InChI=1S/C20H21ClN2O4S/c1-14(24)18-4-2-3-5-19(18)22-20(25)15-10-12-23(13-11-15)28(26,27)17-8-6-16(21)7-9-17/h2-9,15H,10-13H2,1H3,(H,22,25). The zero-order valence-electron chi connectivity index (χ0n) is 15.4. The van der Waals surface area contributed by atoms with Gasteiger partial charge in [0.2, 0.25) is 15.9 Å². The van der Waals surface area contributed by atoms with Gasteiger partial charge in [-0.15, -0.1) is 0 Å². The van der Waals surface area contributed by atoms with Gasteiger partial charge in [-0.1, -0.05) is 23.7 Å². The van der Waals surface area contributed by atoms with E-state index in [1.807, 2.05) is 0 Å². The molecule has 0 aliphatic carbocycles. The summed E-state index contributed by atoms with van der Waals surface area (Å²) in [5.74, 6) is -0.631. The van der Waals surface area contributed by atoms with E-state index in [0.717, 1.165) is 0 Å². The maximum atomic E-state index is 12.7. The number of amides is 1. The van der Waals surface area contributed by atoms with Gasteiger partial charge in [-0.3, -0.25) is 9.59 Å². The molecule has 2 aromatic carbocycles. The third-order valence-electron chi connectivity index (χ3n) is 4.84. The van der Waals surface area contributed by atoms with Gasteiger partial charge in [0.05, 0.1) is 10.6 Å². The predicted molar refractivity (Wildman–Crippen MR) is 108 cm³/mol. The minimum absolute atomic E-state index is 0.125. The summed E-state index contributed by atoms with van der Waals surface area (Å²) in [6, 6.07) is 12.9. The molecule has 0 saturated carbocycles. The van der Waals surface area contributed by atoms with Gasteiger partial charge in [-0.05, 0) is 56.2 Å². The number of ketones is 1. The van der Waals surface area contributed by atoms with Crippen molar-refractivity contribution in [1.29, 1.82) is 0 Å². The summed E-state index contributed by atoms with van der Waals surface area (Å²) in [5, 5.41) is 3.28. The van der Waals surface area contributed by atoms with Crippen LogP contribution in [0.3, 0.4) is 0 Å². The normalized spacial score (nSPS) is 15.9. The molecule has 1 fully saturated rings. The van der Waals surface area contributed by atoms with Crippen molar-refractivity contribution >= 4 is 39.0 Å². The zero-order valence-corrected chi connectivity index (χ0v) is 17.0. The molecular formula is C20H21ClN2O4S. The number of piperidine rings is 1. The van der Waals surface area contributed by atoms with Crippen molar-refractivity contribution < 1.29 is 18.0 Å². The second kappa shape index (κ2) is 8.43. The van der Waals surface area contributed by atoms with Crippen molar-refractivity contribution in [2.24, 2.45) is 5.92 Å². The molecule has 0 atom stereocenters. The van der Waals surface area contributed by atoms with E-state index in [9.17, 15) is 18.0 Å². The predicted octanol–water partition coefficient (Wildman–Crippen LogP) is 3.58. The van der Waals surface area contributed by atoms with Gasteiger partial charge in [0.1, 0.15) is 0 Å². The number of rotatable bonds is 5. The highest BCUT2D eigenvalue weighted by Crippen LogP contribution is 2.26. The Morgan fingerprint density at radius 1 is 1.04 bits per heavy atom. The molecular weight excluding hydrogens is 400 g/mol. The van der Waals surface area contributed by atoms with E-state index in [2.05, 4.69) is 5.32 Å². The van der Waals surface area contributed by atoms with Crippen LogP contribution < -0.4 is 5.32 Å². The van der Waals surface area contributed by atoms with Crippen molar-refractivity contribution in [2.75, 3.05) is 18.4 Å². The van der Waals surface area contributed by atoms with Crippen molar-refractivity contribution in [1.82, 2.24) is 4.31 Å². The number of hydrogen-bond donors (Lipinski definition) is 1. The lowest BCUT2D eigenvalue weighted by molar-refractivity contribution is -0.120. The van der Waals surface area contributed by atoms with Crippen LogP contribution in [0.4, 0.5) is 5.69 Å². The number of sulfonamides is 1. The number of halogens is 1. The highest BCUT2D eigenvalue weighted by molar-refractivity contribution is 7.89. The maximum Gasteiger partial charge on any atom is 0.243 e. The quantitative estimate of drug-likeness (QED) is 0.749. The Morgan fingerprint density at radius 3 is 2.25 bits per heavy atom. The minimum atomic E-state index is -3.61. The number of carbonyl (C=O) groups excluding carboxylic acids is 2. The Balaban J connectivity index is 1.64. The van der Waals surface area contributed by atoms with E-state index in [-0.39, 0.29) is 35.6 Å². The topological polar surface area (TPSA) is 83.6 Å². The first-order valence-electron chi connectivity index (χ1n) is 8.95. The van der Waals surface area contributed by atoms with Crippen LogP contribution in [0.5, 0.6) is 0 Å². The Labute approximate surface area is 169 Å². The van der Waals surface area contributed by atoms with Crippen molar-refractivity contribution in [3.8, 4) is 0 Å². The molecule has 0 bridgehead atoms. The van der Waals surface area contributed by atoms with Gasteiger partial charge < -0.3 is 5.32 Å². The van der Waals surface area contributed by atoms with Crippen LogP contribution in [0.1, 0.15) is 30.1 Å². The molecule has 1 aliphatic heterocycles. The molecule has 1 aliphatic rings. The third kappa shape index (κ3) is 4.43. The fourth-order valence-corrected chi connectivity index (χ4v) is 4.84. The number of hydrogen-bond acceptors (Lipinski definition) is 4. The second-order valence-electron chi connectivity index (χ2n) is 6.72. The summed E-state index contributed by atoms with van der Waals surface area (Å²) in [5.41, 5.74) is 0.940. The van der Waals surface area contributed by atoms with E-state index in [0.29, 0.717) is 29.1 Å². The van der Waals surface area contributed by atoms with E-state index in [4.69, 9.17) is 11.6 Å². The lowest BCUT2D eigenvalue weighted by atomic mass is 9.97. The number of nitrogens with zero attached hydrogens (tertiary/aromatic N) is 1. The Hall–Kier alpha value is -2.22. The van der Waals surface area contributed by atoms with Gasteiger partial charge >= 0.3 is 0 Å². The smallest absolute Gasteiger partial charge is 0.243 e. The second-order valence-corrected chi connectivity index (χ2v) is 9.10. The largest absolute Gasteiger partial charge is 0.325 e.